The highest BCUT2D eigenvalue weighted by molar-refractivity contribution is 7.93. The first-order chi connectivity index (χ1) is 33.5. The molecule has 2 aliphatic heterocycles. The molecule has 2 N–H and O–H groups in total. The van der Waals surface area contributed by atoms with E-state index in [2.05, 4.69) is 10.2 Å². The van der Waals surface area contributed by atoms with Crippen LogP contribution in [0.1, 0.15) is 56.9 Å². The zero-order chi connectivity index (χ0) is 50.9. The fraction of sp³-hybridized carbons (Fsp3) is 0.375. The third kappa shape index (κ3) is 11.9. The predicted molar refractivity (Wildman–Crippen MR) is 265 cm³/mol. The molecule has 0 radical (unpaired) electrons. The van der Waals surface area contributed by atoms with Crippen LogP contribution in [0.15, 0.2) is 95.0 Å². The third-order valence-corrected chi connectivity index (χ3v) is 16.0. The van der Waals surface area contributed by atoms with Gasteiger partial charge in [0.2, 0.25) is 0 Å². The number of halogens is 5. The molecular weight excluding hydrogens is 1010 g/mol. The van der Waals surface area contributed by atoms with Gasteiger partial charge in [-0.2, -0.15) is 5.10 Å². The van der Waals surface area contributed by atoms with Gasteiger partial charge in [-0.25, -0.2) is 25.6 Å². The second kappa shape index (κ2) is 23.8. The van der Waals surface area contributed by atoms with Crippen LogP contribution in [0.4, 0.5) is 20.2 Å². The first-order valence-electron chi connectivity index (χ1n) is 22.6. The fourth-order valence-corrected chi connectivity index (χ4v) is 11.9. The molecule has 70 heavy (non-hydrogen) atoms. The Morgan fingerprint density at radius 1 is 0.643 bits per heavy atom. The van der Waals surface area contributed by atoms with Crippen LogP contribution in [-0.2, 0) is 59.2 Å². The van der Waals surface area contributed by atoms with Gasteiger partial charge in [-0.3, -0.25) is 18.0 Å². The topological polar surface area (TPSA) is 179 Å². The lowest BCUT2D eigenvalue weighted by molar-refractivity contribution is 0.227. The van der Waals surface area contributed by atoms with E-state index in [1.54, 1.807) is 55.5 Å². The first kappa shape index (κ1) is 54.2. The van der Waals surface area contributed by atoms with Crippen molar-refractivity contribution < 1.29 is 50.0 Å². The van der Waals surface area contributed by atoms with Crippen LogP contribution in [0.25, 0.3) is 0 Å². The maximum Gasteiger partial charge on any atom is 0.271 e. The minimum Gasteiger partial charge on any atom is -0.489 e. The molecule has 15 nitrogen and oxygen atoms in total. The summed E-state index contributed by atoms with van der Waals surface area (Å²) in [6.45, 7) is 10.2. The van der Waals surface area contributed by atoms with Crippen molar-refractivity contribution in [1.29, 1.82) is 0 Å². The van der Waals surface area contributed by atoms with Gasteiger partial charge in [-0.05, 0) is 81.1 Å². The minimum absolute atomic E-state index is 0.0311. The molecule has 0 aliphatic carbocycles. The molecular formula is C48H55Cl3F2N6O9S2. The molecule has 4 heterocycles. The van der Waals surface area contributed by atoms with Crippen molar-refractivity contribution in [1.82, 2.24) is 19.6 Å². The standard InChI is InChI=1S/C24H27ClFN3O5S.C22H22Cl2FN3O4S.C2H6/c1-3-28-13-23(24(27-28)33-4-2)35(31,32)29-12-16(14-30)10-17-8-9-18(11-22(17)29)34-15-19-20(25)6-5-7-21(19)26;1-2-27-11-21(22(24)26-27)33(30,31)28-10-14(12-29)8-15-6-7-16(9-20(15)28)32-13-17-18(23)4-3-5-19(17)25;1-2/h5-9,11,13,16,30H,3-4,10,12,14-15H2,1-2H3;3-7,9,11,14,29H,2,8,10,12-13H2,1H3;1-2H3. The summed E-state index contributed by atoms with van der Waals surface area (Å²) in [4.78, 5) is -0.157. The van der Waals surface area contributed by atoms with E-state index in [0.29, 0.717) is 48.8 Å². The smallest absolute Gasteiger partial charge is 0.271 e. The predicted octanol–water partition coefficient (Wildman–Crippen LogP) is 9.35. The quantitative estimate of drug-likeness (QED) is 0.0944. The molecule has 2 aromatic heterocycles. The van der Waals surface area contributed by atoms with Crippen molar-refractivity contribution in [2.45, 2.75) is 83.6 Å². The van der Waals surface area contributed by atoms with E-state index >= 15 is 0 Å². The van der Waals surface area contributed by atoms with E-state index in [1.165, 1.54) is 54.6 Å². The van der Waals surface area contributed by atoms with Crippen LogP contribution in [0, 0.1) is 23.5 Å². The number of hydrogen-bond donors (Lipinski definition) is 2. The normalized spacial score (nSPS) is 15.5. The summed E-state index contributed by atoms with van der Waals surface area (Å²) in [7, 11) is -8.15. The Morgan fingerprint density at radius 3 is 1.50 bits per heavy atom. The summed E-state index contributed by atoms with van der Waals surface area (Å²) in [5.41, 5.74) is 2.75. The largest absolute Gasteiger partial charge is 0.489 e. The second-order valence-electron chi connectivity index (χ2n) is 15.9. The molecule has 2 unspecified atom stereocenters. The Balaban J connectivity index is 0.000000222. The van der Waals surface area contributed by atoms with Crippen LogP contribution < -0.4 is 22.8 Å². The van der Waals surface area contributed by atoms with E-state index < -0.39 is 31.7 Å². The maximum atomic E-state index is 14.2. The molecule has 0 spiro atoms. The maximum absolute atomic E-state index is 14.2. The van der Waals surface area contributed by atoms with Gasteiger partial charge in [0, 0.05) is 86.9 Å². The highest BCUT2D eigenvalue weighted by atomic mass is 35.5. The van der Waals surface area contributed by atoms with Gasteiger partial charge in [-0.15, -0.1) is 5.10 Å². The molecule has 378 valence electrons. The number of aromatic nitrogens is 4. The van der Waals surface area contributed by atoms with Crippen LogP contribution in [-0.4, -0.2) is 79.5 Å². The lowest BCUT2D eigenvalue weighted by atomic mass is 9.94. The summed E-state index contributed by atoms with van der Waals surface area (Å²) in [5, 5.41) is 28.2. The number of aliphatic hydroxyl groups is 2. The average molecular weight is 1070 g/mol. The monoisotopic (exact) mass is 1070 g/mol. The zero-order valence-electron chi connectivity index (χ0n) is 39.2. The summed E-state index contributed by atoms with van der Waals surface area (Å²) >= 11 is 18.3. The molecule has 6 aromatic rings. The van der Waals surface area contributed by atoms with Crippen LogP contribution in [0.5, 0.6) is 17.4 Å². The van der Waals surface area contributed by atoms with Gasteiger partial charge < -0.3 is 24.4 Å². The van der Waals surface area contributed by atoms with Gasteiger partial charge in [0.25, 0.3) is 25.9 Å². The molecule has 22 heteroatoms. The Morgan fingerprint density at radius 2 is 1.09 bits per heavy atom. The Bertz CT molecular complexity index is 2960. The number of aliphatic hydroxyl groups excluding tert-OH is 2. The molecule has 0 amide bonds. The molecule has 8 rings (SSSR count). The van der Waals surface area contributed by atoms with E-state index in [9.17, 15) is 35.8 Å². The van der Waals surface area contributed by atoms with Gasteiger partial charge in [0.1, 0.15) is 41.2 Å². The van der Waals surface area contributed by atoms with Crippen molar-refractivity contribution in [3.63, 3.8) is 0 Å². The first-order valence-corrected chi connectivity index (χ1v) is 26.6. The highest BCUT2D eigenvalue weighted by Crippen LogP contribution is 2.40. The van der Waals surface area contributed by atoms with Gasteiger partial charge in [-0.1, -0.05) is 72.9 Å². The number of anilines is 2. The molecule has 2 atom stereocenters. The van der Waals surface area contributed by atoms with Crippen molar-refractivity contribution >= 4 is 66.2 Å². The molecule has 2 aliphatic rings. The highest BCUT2D eigenvalue weighted by Gasteiger charge is 2.38. The third-order valence-electron chi connectivity index (χ3n) is 11.4. The molecule has 0 fully saturated rings. The fourth-order valence-electron chi connectivity index (χ4n) is 7.76. The van der Waals surface area contributed by atoms with E-state index in [-0.39, 0.29) is 100.0 Å². The second-order valence-corrected chi connectivity index (χ2v) is 20.7. The van der Waals surface area contributed by atoms with Gasteiger partial charge in [0.15, 0.2) is 10.0 Å². The number of nitrogens with zero attached hydrogens (tertiary/aromatic N) is 6. The molecule has 4 aromatic carbocycles. The minimum atomic E-state index is -4.08. The molecule has 0 saturated carbocycles. The van der Waals surface area contributed by atoms with Gasteiger partial charge in [0.05, 0.1) is 28.0 Å². The van der Waals surface area contributed by atoms with Gasteiger partial charge >= 0.3 is 0 Å². The van der Waals surface area contributed by atoms with E-state index in [4.69, 9.17) is 49.0 Å². The average Bonchev–Trinajstić information content (AvgIpc) is 3.97. The van der Waals surface area contributed by atoms with Crippen molar-refractivity contribution in [2.24, 2.45) is 11.8 Å². The van der Waals surface area contributed by atoms with Crippen molar-refractivity contribution in [2.75, 3.05) is 41.5 Å². The van der Waals surface area contributed by atoms with Crippen molar-refractivity contribution in [3.05, 3.63) is 134 Å². The van der Waals surface area contributed by atoms with Crippen molar-refractivity contribution in [3.8, 4) is 17.4 Å². The number of aryl methyl sites for hydroxylation is 2. The Hall–Kier alpha value is -5.15. The van der Waals surface area contributed by atoms with Crippen LogP contribution in [0.2, 0.25) is 15.2 Å². The number of sulfonamides is 2. The van der Waals surface area contributed by atoms with E-state index in [0.717, 1.165) is 11.1 Å². The van der Waals surface area contributed by atoms with E-state index in [1.807, 2.05) is 27.7 Å². The summed E-state index contributed by atoms with van der Waals surface area (Å²) in [6.07, 6.45) is 3.84. The summed E-state index contributed by atoms with van der Waals surface area (Å²) in [6, 6.07) is 18.8. The van der Waals surface area contributed by atoms with Crippen LogP contribution >= 0.6 is 34.8 Å². The summed E-state index contributed by atoms with van der Waals surface area (Å²) in [5.74, 6) is -0.788. The SMILES string of the molecule is CC.CCOc1nn(CC)cc1S(=O)(=O)N1CC(CO)Cc2ccc(OCc3c(F)cccc3Cl)cc21.CCn1cc(S(=O)(=O)N2CC(CO)Cc3ccc(OCc4c(F)cccc4Cl)cc32)c(Cl)n1. The Labute approximate surface area is 422 Å². The summed E-state index contributed by atoms with van der Waals surface area (Å²) < 4.78 is 105. The number of ether oxygens (including phenoxy) is 3. The number of rotatable bonds is 16. The molecule has 0 bridgehead atoms. The zero-order valence-corrected chi connectivity index (χ0v) is 43.1. The number of fused-ring (bicyclic) bond motifs is 2. The Kier molecular flexibility index (Phi) is 18.5. The number of hydrogen-bond acceptors (Lipinski definition) is 11. The van der Waals surface area contributed by atoms with Crippen LogP contribution in [0.3, 0.4) is 0 Å². The molecule has 0 saturated heterocycles. The lowest BCUT2D eigenvalue weighted by Gasteiger charge is -2.34. The lowest BCUT2D eigenvalue weighted by Crippen LogP contribution is -2.41. The number of benzene rings is 4.